The predicted octanol–water partition coefficient (Wildman–Crippen LogP) is 6.48. The fourth-order valence-electron chi connectivity index (χ4n) is 7.23. The molecule has 1 atom stereocenters. The quantitative estimate of drug-likeness (QED) is 0.306. The largest absolute Gasteiger partial charge is 0.376 e. The molecule has 1 aliphatic carbocycles. The third-order valence-corrected chi connectivity index (χ3v) is 9.92. The first-order valence-electron chi connectivity index (χ1n) is 16.3. The number of rotatable bonds is 9. The lowest BCUT2D eigenvalue weighted by Gasteiger charge is -2.48. The van der Waals surface area contributed by atoms with E-state index in [-0.39, 0.29) is 28.8 Å². The summed E-state index contributed by atoms with van der Waals surface area (Å²) in [6.07, 6.45) is 11.4. The molecule has 232 valence electrons. The monoisotopic (exact) mass is 604 g/mol. The first-order valence-corrected chi connectivity index (χ1v) is 16.6. The Hall–Kier alpha value is -2.83. The van der Waals surface area contributed by atoms with Gasteiger partial charge in [-0.3, -0.25) is 9.59 Å². The van der Waals surface area contributed by atoms with E-state index in [2.05, 4.69) is 53.8 Å². The molecule has 2 heterocycles. The molecule has 43 heavy (non-hydrogen) atoms. The number of fused-ring (bicyclic) bond motifs is 1. The van der Waals surface area contributed by atoms with E-state index >= 15 is 0 Å². The van der Waals surface area contributed by atoms with Crippen LogP contribution in [0.3, 0.4) is 0 Å². The fourth-order valence-corrected chi connectivity index (χ4v) is 7.35. The molecule has 0 unspecified atom stereocenters. The van der Waals surface area contributed by atoms with Gasteiger partial charge in [0.25, 0.3) is 5.91 Å². The second kappa shape index (κ2) is 13.9. The van der Waals surface area contributed by atoms with Crippen molar-refractivity contribution >= 4 is 29.5 Å². The number of carbonyl (C=O) groups excluding carboxylic acids is 2. The Kier molecular flexibility index (Phi) is 10.2. The standard InChI is InChI=1S/C36H49ClN4O2/c1-35(2,3)40-34(43)36(29-11-5-4-6-12-29)18-21-41(22-19-36)20-17-31(23-26-13-15-30(37)16-14-26)39-33(42)32-24-27-9-7-8-10-28(27)25-38-32/h7-10,13-16,24,29,31,38H,4-6,11-12,17-23,25H2,1-3H3,(H,39,42)(H,40,43)/t31-/m0/s1. The van der Waals surface area contributed by atoms with Crippen LogP contribution in [-0.4, -0.2) is 47.9 Å². The highest BCUT2D eigenvalue weighted by atomic mass is 35.5. The maximum absolute atomic E-state index is 13.8. The first-order chi connectivity index (χ1) is 20.6. The van der Waals surface area contributed by atoms with E-state index < -0.39 is 0 Å². The van der Waals surface area contributed by atoms with Gasteiger partial charge >= 0.3 is 0 Å². The minimum absolute atomic E-state index is 0.0252. The molecular weight excluding hydrogens is 556 g/mol. The summed E-state index contributed by atoms with van der Waals surface area (Å²) < 4.78 is 0. The highest BCUT2D eigenvalue weighted by Gasteiger charge is 2.48. The van der Waals surface area contributed by atoms with E-state index in [1.54, 1.807) is 0 Å². The van der Waals surface area contributed by atoms with Crippen LogP contribution in [0, 0.1) is 11.3 Å². The van der Waals surface area contributed by atoms with Gasteiger partial charge in [-0.05, 0) is 113 Å². The molecule has 6 nitrogen and oxygen atoms in total. The molecule has 2 aromatic rings. The lowest BCUT2D eigenvalue weighted by molar-refractivity contribution is -0.141. The number of piperidine rings is 1. The van der Waals surface area contributed by atoms with Crippen molar-refractivity contribution in [3.63, 3.8) is 0 Å². The van der Waals surface area contributed by atoms with Crippen molar-refractivity contribution in [3.8, 4) is 0 Å². The minimum Gasteiger partial charge on any atom is -0.376 e. The SMILES string of the molecule is CC(C)(C)NC(=O)C1(C2CCCCC2)CCN(CC[C@@H](Cc2ccc(Cl)cc2)NC(=O)C2=Cc3ccccc3CN2)CC1. The van der Waals surface area contributed by atoms with Gasteiger partial charge in [0.1, 0.15) is 5.70 Å². The Morgan fingerprint density at radius 1 is 1.02 bits per heavy atom. The van der Waals surface area contributed by atoms with Crippen LogP contribution in [0.25, 0.3) is 6.08 Å². The van der Waals surface area contributed by atoms with Crippen molar-refractivity contribution in [3.05, 3.63) is 75.9 Å². The van der Waals surface area contributed by atoms with Crippen LogP contribution in [0.2, 0.25) is 5.02 Å². The number of benzene rings is 2. The Labute approximate surface area is 263 Å². The third-order valence-electron chi connectivity index (χ3n) is 9.67. The Balaban J connectivity index is 1.24. The molecule has 0 bridgehead atoms. The zero-order valence-electron chi connectivity index (χ0n) is 26.2. The minimum atomic E-state index is -0.267. The first kappa shape index (κ1) is 31.6. The Bertz CT molecular complexity index is 1290. The van der Waals surface area contributed by atoms with Crippen LogP contribution in [0.4, 0.5) is 0 Å². The number of likely N-dealkylation sites (tertiary alicyclic amines) is 1. The van der Waals surface area contributed by atoms with Gasteiger partial charge in [-0.1, -0.05) is 67.3 Å². The number of hydrogen-bond donors (Lipinski definition) is 3. The number of nitrogens with zero attached hydrogens (tertiary/aromatic N) is 1. The third kappa shape index (κ3) is 8.21. The average molecular weight is 605 g/mol. The van der Waals surface area contributed by atoms with E-state index in [1.165, 1.54) is 37.7 Å². The second-order valence-electron chi connectivity index (χ2n) is 13.9. The molecule has 0 spiro atoms. The number of hydrogen-bond acceptors (Lipinski definition) is 4. The number of carbonyl (C=O) groups is 2. The lowest BCUT2D eigenvalue weighted by Crippen LogP contribution is -2.56. The number of amides is 2. The normalized spacial score (nSPS) is 19.9. The van der Waals surface area contributed by atoms with Gasteiger partial charge in [0.2, 0.25) is 5.91 Å². The molecule has 0 radical (unpaired) electrons. The average Bonchev–Trinajstić information content (AvgIpc) is 3.00. The highest BCUT2D eigenvalue weighted by molar-refractivity contribution is 6.30. The number of nitrogens with one attached hydrogen (secondary N) is 3. The van der Waals surface area contributed by atoms with Crippen molar-refractivity contribution < 1.29 is 9.59 Å². The maximum Gasteiger partial charge on any atom is 0.267 e. The van der Waals surface area contributed by atoms with Gasteiger partial charge < -0.3 is 20.9 Å². The van der Waals surface area contributed by atoms with Crippen LogP contribution >= 0.6 is 11.6 Å². The summed E-state index contributed by atoms with van der Waals surface area (Å²) in [6.45, 7) is 9.62. The van der Waals surface area contributed by atoms with Gasteiger partial charge in [-0.15, -0.1) is 0 Å². The molecule has 5 rings (SSSR count). The van der Waals surface area contributed by atoms with Crippen LogP contribution in [0.5, 0.6) is 0 Å². The molecule has 3 N–H and O–H groups in total. The second-order valence-corrected chi connectivity index (χ2v) is 14.4. The van der Waals surface area contributed by atoms with E-state index in [9.17, 15) is 9.59 Å². The molecule has 7 heteroatoms. The maximum atomic E-state index is 13.8. The molecule has 2 aliphatic heterocycles. The molecule has 1 saturated carbocycles. The van der Waals surface area contributed by atoms with Crippen LogP contribution in [-0.2, 0) is 22.6 Å². The smallest absolute Gasteiger partial charge is 0.267 e. The van der Waals surface area contributed by atoms with Crippen molar-refractivity contribution in [1.82, 2.24) is 20.9 Å². The topological polar surface area (TPSA) is 73.5 Å². The zero-order chi connectivity index (χ0) is 30.5. The molecule has 1 saturated heterocycles. The van der Waals surface area contributed by atoms with Crippen molar-refractivity contribution in [1.29, 1.82) is 0 Å². The summed E-state index contributed by atoms with van der Waals surface area (Å²) in [5.41, 5.74) is 3.55. The molecule has 0 aromatic heterocycles. The van der Waals surface area contributed by atoms with Crippen molar-refractivity contribution in [2.45, 2.75) is 96.7 Å². The van der Waals surface area contributed by atoms with E-state index in [0.717, 1.165) is 56.4 Å². The van der Waals surface area contributed by atoms with E-state index in [4.69, 9.17) is 11.6 Å². The van der Waals surface area contributed by atoms with Gasteiger partial charge in [0, 0.05) is 29.7 Å². The molecule has 2 fully saturated rings. The van der Waals surface area contributed by atoms with Crippen LogP contribution in [0.1, 0.15) is 88.8 Å². The molecule has 3 aliphatic rings. The summed E-state index contributed by atoms with van der Waals surface area (Å²) in [7, 11) is 0. The fraction of sp³-hybridized carbons (Fsp3) is 0.556. The predicted molar refractivity (Wildman–Crippen MR) is 176 cm³/mol. The summed E-state index contributed by atoms with van der Waals surface area (Å²) in [5, 5.41) is 10.7. The van der Waals surface area contributed by atoms with E-state index in [1.807, 2.05) is 42.5 Å². The van der Waals surface area contributed by atoms with Gasteiger partial charge in [0.15, 0.2) is 0 Å². The van der Waals surface area contributed by atoms with Crippen molar-refractivity contribution in [2.75, 3.05) is 19.6 Å². The molecular formula is C36H49ClN4O2. The summed E-state index contributed by atoms with van der Waals surface area (Å²) in [4.78, 5) is 29.7. The van der Waals surface area contributed by atoms with E-state index in [0.29, 0.717) is 23.2 Å². The molecule has 2 aromatic carbocycles. The molecule has 2 amide bonds. The van der Waals surface area contributed by atoms with Crippen molar-refractivity contribution in [2.24, 2.45) is 11.3 Å². The van der Waals surface area contributed by atoms with Crippen LogP contribution < -0.4 is 16.0 Å². The van der Waals surface area contributed by atoms with Gasteiger partial charge in [-0.25, -0.2) is 0 Å². The summed E-state index contributed by atoms with van der Waals surface area (Å²) in [6, 6.07) is 16.1. The zero-order valence-corrected chi connectivity index (χ0v) is 26.9. The highest BCUT2D eigenvalue weighted by Crippen LogP contribution is 2.46. The lowest BCUT2D eigenvalue weighted by atomic mass is 9.63. The summed E-state index contributed by atoms with van der Waals surface area (Å²) in [5.74, 6) is 0.667. The number of halogens is 1. The van der Waals surface area contributed by atoms with Gasteiger partial charge in [-0.2, -0.15) is 0 Å². The Morgan fingerprint density at radius 2 is 1.72 bits per heavy atom. The van der Waals surface area contributed by atoms with Crippen LogP contribution in [0.15, 0.2) is 54.2 Å². The van der Waals surface area contributed by atoms with Gasteiger partial charge in [0.05, 0.1) is 5.41 Å². The summed E-state index contributed by atoms with van der Waals surface area (Å²) >= 11 is 6.15. The Morgan fingerprint density at radius 3 is 2.42 bits per heavy atom.